The highest BCUT2D eigenvalue weighted by Crippen LogP contribution is 2.33. The Labute approximate surface area is 193 Å². The Morgan fingerprint density at radius 2 is 1.91 bits per heavy atom. The van der Waals surface area contributed by atoms with E-state index in [2.05, 4.69) is 5.32 Å². The van der Waals surface area contributed by atoms with Gasteiger partial charge in [-0.15, -0.1) is 0 Å². The van der Waals surface area contributed by atoms with Crippen LogP contribution in [0.15, 0.2) is 59.6 Å². The third-order valence-electron chi connectivity index (χ3n) is 5.91. The second-order valence-corrected chi connectivity index (χ2v) is 8.53. The number of carbonyl (C=O) groups is 2. The second kappa shape index (κ2) is 8.08. The van der Waals surface area contributed by atoms with E-state index in [1.54, 1.807) is 25.2 Å². The van der Waals surface area contributed by atoms with E-state index in [1.165, 1.54) is 11.0 Å². The summed E-state index contributed by atoms with van der Waals surface area (Å²) in [6, 6.07) is 13.0. The molecule has 33 heavy (non-hydrogen) atoms. The molecule has 0 saturated carbocycles. The smallest absolute Gasteiger partial charge is 0.251 e. The maximum atomic E-state index is 14.4. The van der Waals surface area contributed by atoms with Crippen LogP contribution in [0.1, 0.15) is 22.3 Å². The lowest BCUT2D eigenvalue weighted by Gasteiger charge is -2.20. The first-order valence-corrected chi connectivity index (χ1v) is 10.7. The van der Waals surface area contributed by atoms with E-state index in [4.69, 9.17) is 16.6 Å². The second-order valence-electron chi connectivity index (χ2n) is 8.09. The molecule has 2 aliphatic heterocycles. The molecular weight excluding hydrogens is 448 g/mol. The van der Waals surface area contributed by atoms with E-state index in [9.17, 15) is 18.4 Å². The van der Waals surface area contributed by atoms with Gasteiger partial charge in [-0.2, -0.15) is 0 Å². The minimum atomic E-state index is -0.945. The van der Waals surface area contributed by atoms with Crippen molar-refractivity contribution in [3.8, 4) is 0 Å². The molecule has 3 aromatic rings. The Balaban J connectivity index is 1.66. The van der Waals surface area contributed by atoms with Crippen molar-refractivity contribution in [3.05, 3.63) is 93.5 Å². The summed E-state index contributed by atoms with van der Waals surface area (Å²) < 4.78 is 27.8. The van der Waals surface area contributed by atoms with Gasteiger partial charge in [0.25, 0.3) is 5.91 Å². The molecule has 2 heterocycles. The molecule has 8 heteroatoms. The van der Waals surface area contributed by atoms with E-state index in [1.807, 2.05) is 18.2 Å². The summed E-state index contributed by atoms with van der Waals surface area (Å²) in [6.45, 7) is 0. The van der Waals surface area contributed by atoms with E-state index < -0.39 is 17.7 Å². The average molecular weight is 466 g/mol. The zero-order valence-electron chi connectivity index (χ0n) is 17.5. The van der Waals surface area contributed by atoms with Crippen LogP contribution in [0.5, 0.6) is 0 Å². The first kappa shape index (κ1) is 21.3. The topological polar surface area (TPSA) is 61.8 Å². The monoisotopic (exact) mass is 465 g/mol. The summed E-state index contributed by atoms with van der Waals surface area (Å²) >= 11 is 6.28. The van der Waals surface area contributed by atoms with Gasteiger partial charge in [-0.3, -0.25) is 14.6 Å². The number of benzene rings is 3. The fourth-order valence-corrected chi connectivity index (χ4v) is 4.41. The molecule has 5 rings (SSSR count). The number of nitrogens with one attached hydrogen (secondary N) is 1. The largest absolute Gasteiger partial charge is 0.326 e. The molecule has 1 atom stereocenters. The first-order valence-electron chi connectivity index (χ1n) is 10.3. The predicted molar refractivity (Wildman–Crippen MR) is 123 cm³/mol. The van der Waals surface area contributed by atoms with Gasteiger partial charge in [0, 0.05) is 41.4 Å². The van der Waals surface area contributed by atoms with Crippen LogP contribution < -0.4 is 10.2 Å². The molecular formula is C25H18ClF2N3O2. The summed E-state index contributed by atoms with van der Waals surface area (Å²) in [5.41, 5.74) is 4.20. The molecule has 0 aliphatic carbocycles. The maximum absolute atomic E-state index is 14.4. The lowest BCUT2D eigenvalue weighted by Crippen LogP contribution is -2.36. The van der Waals surface area contributed by atoms with Gasteiger partial charge < -0.3 is 10.2 Å². The molecule has 0 saturated heterocycles. The van der Waals surface area contributed by atoms with Gasteiger partial charge in [-0.1, -0.05) is 29.8 Å². The van der Waals surface area contributed by atoms with Crippen LogP contribution in [-0.4, -0.2) is 30.6 Å². The summed E-state index contributed by atoms with van der Waals surface area (Å²) in [5, 5.41) is 3.30. The molecule has 2 amide bonds. The number of rotatable bonds is 3. The number of amides is 2. The van der Waals surface area contributed by atoms with Crippen molar-refractivity contribution < 1.29 is 18.4 Å². The number of fused-ring (bicyclic) bond motifs is 2. The lowest BCUT2D eigenvalue weighted by atomic mass is 9.98. The molecule has 2 aliphatic rings. The van der Waals surface area contributed by atoms with Gasteiger partial charge in [0.1, 0.15) is 17.7 Å². The predicted octanol–water partition coefficient (Wildman–Crippen LogP) is 4.54. The number of aliphatic imine (C=N–C) groups is 1. The minimum Gasteiger partial charge on any atom is -0.326 e. The summed E-state index contributed by atoms with van der Waals surface area (Å²) in [6.07, 6.45) is 0.264. The third kappa shape index (κ3) is 3.89. The van der Waals surface area contributed by atoms with Crippen LogP contribution in [0, 0.1) is 11.6 Å². The highest BCUT2D eigenvalue weighted by molar-refractivity contribution is 6.32. The van der Waals surface area contributed by atoms with Crippen LogP contribution in [0.2, 0.25) is 5.02 Å². The molecule has 0 fully saturated rings. The van der Waals surface area contributed by atoms with Crippen molar-refractivity contribution in [2.75, 3.05) is 17.3 Å². The van der Waals surface area contributed by atoms with Crippen LogP contribution in [-0.2, 0) is 22.4 Å². The number of hydrogen-bond donors (Lipinski definition) is 1. The molecule has 166 valence electrons. The number of carbonyl (C=O) groups excluding carboxylic acids is 2. The summed E-state index contributed by atoms with van der Waals surface area (Å²) in [5.74, 6) is -1.83. The number of likely N-dealkylation sites (N-methyl/N-ethyl adjacent to an activating group) is 1. The Bertz CT molecular complexity index is 1360. The van der Waals surface area contributed by atoms with Gasteiger partial charge in [-0.25, -0.2) is 8.78 Å². The van der Waals surface area contributed by atoms with E-state index in [0.717, 1.165) is 17.7 Å². The van der Waals surface area contributed by atoms with E-state index in [-0.39, 0.29) is 23.8 Å². The molecule has 0 spiro atoms. The quantitative estimate of drug-likeness (QED) is 0.617. The standard InChI is InChI=1S/C25H18ClF2N3O2/c1-31-22-7-5-16(26)11-18(22)24(15-3-2-14-10-23(32)29-20(14)9-15)30-21(25(31)33)8-13-4-6-17(27)12-19(13)28/h2-7,9,11-12,21H,8,10H2,1H3,(H,29,32). The van der Waals surface area contributed by atoms with Crippen LogP contribution in [0.4, 0.5) is 20.2 Å². The number of nitrogens with zero attached hydrogens (tertiary/aromatic N) is 2. The summed E-state index contributed by atoms with van der Waals surface area (Å²) in [4.78, 5) is 31.4. The number of halogens is 3. The first-order chi connectivity index (χ1) is 15.8. The van der Waals surface area contributed by atoms with Gasteiger partial charge >= 0.3 is 0 Å². The van der Waals surface area contributed by atoms with Crippen molar-refractivity contribution in [3.63, 3.8) is 0 Å². The van der Waals surface area contributed by atoms with Crippen molar-refractivity contribution in [2.24, 2.45) is 4.99 Å². The van der Waals surface area contributed by atoms with Gasteiger partial charge in [0.15, 0.2) is 0 Å². The Morgan fingerprint density at radius 3 is 2.70 bits per heavy atom. The fraction of sp³-hybridized carbons (Fsp3) is 0.160. The molecule has 1 unspecified atom stereocenters. The number of anilines is 2. The molecule has 0 aromatic heterocycles. The van der Waals surface area contributed by atoms with Gasteiger partial charge in [-0.05, 0) is 41.5 Å². The molecule has 0 radical (unpaired) electrons. The fourth-order valence-electron chi connectivity index (χ4n) is 4.23. The van der Waals surface area contributed by atoms with Gasteiger partial charge in [0.05, 0.1) is 17.8 Å². The summed E-state index contributed by atoms with van der Waals surface area (Å²) in [7, 11) is 1.63. The van der Waals surface area contributed by atoms with Crippen molar-refractivity contribution in [1.82, 2.24) is 0 Å². The Morgan fingerprint density at radius 1 is 1.09 bits per heavy atom. The average Bonchev–Trinajstić information content (AvgIpc) is 3.12. The van der Waals surface area contributed by atoms with Crippen LogP contribution >= 0.6 is 11.6 Å². The Hall–Kier alpha value is -3.58. The normalized spacial score (nSPS) is 17.3. The molecule has 5 nitrogen and oxygen atoms in total. The highest BCUT2D eigenvalue weighted by Gasteiger charge is 2.31. The zero-order valence-corrected chi connectivity index (χ0v) is 18.3. The lowest BCUT2D eigenvalue weighted by molar-refractivity contribution is -0.119. The van der Waals surface area contributed by atoms with Gasteiger partial charge in [0.2, 0.25) is 5.91 Å². The molecule has 1 N–H and O–H groups in total. The molecule has 3 aromatic carbocycles. The third-order valence-corrected chi connectivity index (χ3v) is 6.15. The SMILES string of the molecule is CN1C(=O)C(Cc2ccc(F)cc2F)N=C(c2ccc3c(c2)NC(=O)C3)c2cc(Cl)ccc21. The maximum Gasteiger partial charge on any atom is 0.251 e. The molecule has 0 bridgehead atoms. The minimum absolute atomic E-state index is 0.0395. The number of hydrogen-bond acceptors (Lipinski definition) is 3. The van der Waals surface area contributed by atoms with E-state index >= 15 is 0 Å². The Kier molecular flexibility index (Phi) is 5.21. The van der Waals surface area contributed by atoms with Crippen LogP contribution in [0.25, 0.3) is 0 Å². The van der Waals surface area contributed by atoms with Crippen molar-refractivity contribution in [2.45, 2.75) is 18.9 Å². The van der Waals surface area contributed by atoms with E-state index in [0.29, 0.717) is 39.7 Å². The zero-order chi connectivity index (χ0) is 23.3. The van der Waals surface area contributed by atoms with Crippen molar-refractivity contribution >= 4 is 40.5 Å². The van der Waals surface area contributed by atoms with Crippen molar-refractivity contribution in [1.29, 1.82) is 0 Å². The highest BCUT2D eigenvalue weighted by atomic mass is 35.5. The number of benzodiazepines with no additional fused rings is 1. The van der Waals surface area contributed by atoms with Crippen LogP contribution in [0.3, 0.4) is 0 Å².